The quantitative estimate of drug-likeness (QED) is 0.748. The first-order valence-corrected chi connectivity index (χ1v) is 9.08. The number of nitrogens with one attached hydrogen (secondary N) is 2. The van der Waals surface area contributed by atoms with Gasteiger partial charge in [0, 0.05) is 35.3 Å². The Hall–Kier alpha value is -2.54. The molecule has 138 valence electrons. The van der Waals surface area contributed by atoms with Gasteiger partial charge in [-0.3, -0.25) is 14.6 Å². The average Bonchev–Trinajstić information content (AvgIpc) is 2.65. The molecule has 4 N–H and O–H groups in total. The van der Waals surface area contributed by atoms with Gasteiger partial charge in [0.05, 0.1) is 6.42 Å². The van der Waals surface area contributed by atoms with Gasteiger partial charge in [0.15, 0.2) is 0 Å². The molecule has 2 heterocycles. The number of carbonyl (C=O) groups is 1. The van der Waals surface area contributed by atoms with Crippen molar-refractivity contribution < 1.29 is 4.79 Å². The lowest BCUT2D eigenvalue weighted by molar-refractivity contribution is -0.121. The molecular weight excluding hydrogens is 330 g/mol. The highest BCUT2D eigenvalue weighted by Crippen LogP contribution is 2.23. The van der Waals surface area contributed by atoms with Crippen LogP contribution in [0.25, 0.3) is 11.4 Å². The highest BCUT2D eigenvalue weighted by molar-refractivity contribution is 5.79. The fraction of sp³-hybridized carbons (Fsp3) is 0.474. The molecule has 1 fully saturated rings. The lowest BCUT2D eigenvalue weighted by atomic mass is 9.84. The fourth-order valence-corrected chi connectivity index (χ4v) is 3.56. The number of aromatic nitrogens is 3. The minimum Gasteiger partial charge on any atom is -0.353 e. The lowest BCUT2D eigenvalue weighted by Gasteiger charge is -2.31. The average molecular weight is 355 g/mol. The van der Waals surface area contributed by atoms with Crippen LogP contribution >= 0.6 is 0 Å². The molecule has 0 bridgehead atoms. The van der Waals surface area contributed by atoms with Gasteiger partial charge in [-0.2, -0.15) is 0 Å². The van der Waals surface area contributed by atoms with Gasteiger partial charge in [0.2, 0.25) is 5.91 Å². The smallest absolute Gasteiger partial charge is 0.255 e. The standard InChI is InChI=1S/C19H25N5O2/c1-12-15(10-17(25)23-16-5-3-2-4-14(16)11-20)19(26)24-18(22-12)13-6-8-21-9-7-13/h6-9,14,16H,2-5,10-11,20H2,1H3,(H,23,25)(H,22,24,26). The summed E-state index contributed by atoms with van der Waals surface area (Å²) in [5, 5.41) is 3.06. The van der Waals surface area contributed by atoms with Crippen LogP contribution in [0.2, 0.25) is 0 Å². The molecule has 2 atom stereocenters. The van der Waals surface area contributed by atoms with Gasteiger partial charge in [0.25, 0.3) is 5.56 Å². The van der Waals surface area contributed by atoms with Gasteiger partial charge >= 0.3 is 0 Å². The molecule has 2 unspecified atom stereocenters. The highest BCUT2D eigenvalue weighted by atomic mass is 16.2. The molecule has 7 heteroatoms. The van der Waals surface area contributed by atoms with Crippen LogP contribution in [0.1, 0.15) is 36.9 Å². The van der Waals surface area contributed by atoms with Crippen molar-refractivity contribution in [3.05, 3.63) is 46.1 Å². The van der Waals surface area contributed by atoms with Crippen molar-refractivity contribution in [3.63, 3.8) is 0 Å². The number of carbonyl (C=O) groups excluding carboxylic acids is 1. The van der Waals surface area contributed by atoms with Gasteiger partial charge in [-0.15, -0.1) is 0 Å². The molecule has 26 heavy (non-hydrogen) atoms. The molecule has 1 aliphatic rings. The van der Waals surface area contributed by atoms with Crippen LogP contribution in [-0.4, -0.2) is 33.4 Å². The summed E-state index contributed by atoms with van der Waals surface area (Å²) in [5.41, 5.74) is 7.29. The number of aryl methyl sites for hydroxylation is 1. The summed E-state index contributed by atoms with van der Waals surface area (Å²) < 4.78 is 0. The van der Waals surface area contributed by atoms with Gasteiger partial charge in [-0.05, 0) is 44.4 Å². The number of nitrogens with zero attached hydrogens (tertiary/aromatic N) is 2. The monoisotopic (exact) mass is 355 g/mol. The maximum absolute atomic E-state index is 12.5. The molecule has 2 aromatic heterocycles. The SMILES string of the molecule is Cc1nc(-c2ccncc2)[nH]c(=O)c1CC(=O)NC1CCCCC1CN. The van der Waals surface area contributed by atoms with Crippen molar-refractivity contribution in [2.75, 3.05) is 6.54 Å². The van der Waals surface area contributed by atoms with Crippen LogP contribution in [0.3, 0.4) is 0 Å². The predicted molar refractivity (Wildman–Crippen MR) is 99.5 cm³/mol. The number of nitrogens with two attached hydrogens (primary N) is 1. The minimum atomic E-state index is -0.279. The number of hydrogen-bond acceptors (Lipinski definition) is 5. The molecular formula is C19H25N5O2. The Balaban J connectivity index is 1.73. The van der Waals surface area contributed by atoms with E-state index in [-0.39, 0.29) is 23.9 Å². The normalized spacial score (nSPS) is 19.9. The van der Waals surface area contributed by atoms with Crippen molar-refractivity contribution in [2.45, 2.75) is 45.1 Å². The van der Waals surface area contributed by atoms with Gasteiger partial charge < -0.3 is 16.0 Å². The Labute approximate surface area is 152 Å². The first-order chi connectivity index (χ1) is 12.6. The number of amides is 1. The second-order valence-corrected chi connectivity index (χ2v) is 6.85. The van der Waals surface area contributed by atoms with E-state index in [0.717, 1.165) is 31.2 Å². The summed E-state index contributed by atoms with van der Waals surface area (Å²) in [7, 11) is 0. The van der Waals surface area contributed by atoms with Crippen molar-refractivity contribution in [2.24, 2.45) is 11.7 Å². The molecule has 0 radical (unpaired) electrons. The third kappa shape index (κ3) is 4.16. The van der Waals surface area contributed by atoms with E-state index in [1.807, 2.05) is 0 Å². The molecule has 1 amide bonds. The molecule has 0 spiro atoms. The van der Waals surface area contributed by atoms with Crippen LogP contribution in [0.5, 0.6) is 0 Å². The Morgan fingerprint density at radius 3 is 2.73 bits per heavy atom. The van der Waals surface area contributed by atoms with Crippen molar-refractivity contribution in [1.82, 2.24) is 20.3 Å². The molecule has 1 aliphatic carbocycles. The van der Waals surface area contributed by atoms with E-state index in [1.54, 1.807) is 31.5 Å². The second-order valence-electron chi connectivity index (χ2n) is 6.85. The summed E-state index contributed by atoms with van der Waals surface area (Å²) in [6.07, 6.45) is 7.56. The van der Waals surface area contributed by atoms with Crippen LogP contribution in [0.4, 0.5) is 0 Å². The summed E-state index contributed by atoms with van der Waals surface area (Å²) in [6.45, 7) is 2.33. The predicted octanol–water partition coefficient (Wildman–Crippen LogP) is 1.32. The van der Waals surface area contributed by atoms with Crippen molar-refractivity contribution >= 4 is 5.91 Å². The third-order valence-corrected chi connectivity index (χ3v) is 5.07. The van der Waals surface area contributed by atoms with Gasteiger partial charge in [-0.1, -0.05) is 12.8 Å². The zero-order valence-electron chi connectivity index (χ0n) is 15.0. The Morgan fingerprint density at radius 1 is 1.31 bits per heavy atom. The van der Waals surface area contributed by atoms with Crippen LogP contribution in [-0.2, 0) is 11.2 Å². The first kappa shape index (κ1) is 18.3. The molecule has 0 aliphatic heterocycles. The summed E-state index contributed by atoms with van der Waals surface area (Å²) in [6, 6.07) is 3.66. The molecule has 7 nitrogen and oxygen atoms in total. The number of hydrogen-bond donors (Lipinski definition) is 3. The van der Waals surface area contributed by atoms with Crippen LogP contribution in [0.15, 0.2) is 29.3 Å². The number of H-pyrrole nitrogens is 1. The van der Waals surface area contributed by atoms with Gasteiger partial charge in [-0.25, -0.2) is 4.98 Å². The topological polar surface area (TPSA) is 114 Å². The summed E-state index contributed by atoms with van der Waals surface area (Å²) >= 11 is 0. The molecule has 1 saturated carbocycles. The minimum absolute atomic E-state index is 0.0264. The van der Waals surface area contributed by atoms with Crippen LogP contribution in [0, 0.1) is 12.8 Å². The summed E-state index contributed by atoms with van der Waals surface area (Å²) in [4.78, 5) is 36.1. The molecule has 0 saturated heterocycles. The van der Waals surface area contributed by atoms with Crippen molar-refractivity contribution in [3.8, 4) is 11.4 Å². The molecule has 2 aromatic rings. The van der Waals surface area contributed by atoms with E-state index in [2.05, 4.69) is 20.3 Å². The number of aromatic amines is 1. The summed E-state index contributed by atoms with van der Waals surface area (Å²) in [5.74, 6) is 0.649. The Morgan fingerprint density at radius 2 is 2.04 bits per heavy atom. The van der Waals surface area contributed by atoms with E-state index in [4.69, 9.17) is 5.73 Å². The lowest BCUT2D eigenvalue weighted by Crippen LogP contribution is -2.45. The zero-order valence-corrected chi connectivity index (χ0v) is 15.0. The maximum Gasteiger partial charge on any atom is 0.255 e. The fourth-order valence-electron chi connectivity index (χ4n) is 3.56. The van der Waals surface area contributed by atoms with E-state index in [9.17, 15) is 9.59 Å². The first-order valence-electron chi connectivity index (χ1n) is 9.08. The Kier molecular flexibility index (Phi) is 5.78. The van der Waals surface area contributed by atoms with E-state index >= 15 is 0 Å². The van der Waals surface area contributed by atoms with E-state index in [1.165, 1.54) is 0 Å². The van der Waals surface area contributed by atoms with E-state index < -0.39 is 0 Å². The molecule has 0 aromatic carbocycles. The third-order valence-electron chi connectivity index (χ3n) is 5.07. The van der Waals surface area contributed by atoms with Crippen molar-refractivity contribution in [1.29, 1.82) is 0 Å². The van der Waals surface area contributed by atoms with E-state index in [0.29, 0.717) is 29.5 Å². The maximum atomic E-state index is 12.5. The van der Waals surface area contributed by atoms with Crippen LogP contribution < -0.4 is 16.6 Å². The largest absolute Gasteiger partial charge is 0.353 e. The highest BCUT2D eigenvalue weighted by Gasteiger charge is 2.25. The number of rotatable bonds is 5. The Bertz CT molecular complexity index is 818. The second kappa shape index (κ2) is 8.23. The molecule has 3 rings (SSSR count). The number of pyridine rings is 1. The zero-order chi connectivity index (χ0) is 18.5. The van der Waals surface area contributed by atoms with Gasteiger partial charge in [0.1, 0.15) is 5.82 Å².